The predicted octanol–water partition coefficient (Wildman–Crippen LogP) is 1.51. The van der Waals surface area contributed by atoms with Gasteiger partial charge in [-0.25, -0.2) is 8.42 Å². The Kier molecular flexibility index (Phi) is 5.12. The van der Waals surface area contributed by atoms with Crippen molar-refractivity contribution in [2.24, 2.45) is 0 Å². The summed E-state index contributed by atoms with van der Waals surface area (Å²) in [5, 5.41) is 2.87. The number of carbonyl (C=O) groups is 1. The normalized spacial score (nSPS) is 17.6. The maximum absolute atomic E-state index is 12.4. The van der Waals surface area contributed by atoms with Crippen molar-refractivity contribution >= 4 is 15.7 Å². The van der Waals surface area contributed by atoms with E-state index in [1.54, 1.807) is 0 Å². The quantitative estimate of drug-likeness (QED) is 0.908. The highest BCUT2D eigenvalue weighted by Crippen LogP contribution is 2.19. The minimum absolute atomic E-state index is 0.0770. The summed E-state index contributed by atoms with van der Waals surface area (Å²) < 4.78 is 47.5. The molecule has 0 atom stereocenters. The first-order valence-electron chi connectivity index (χ1n) is 6.92. The molecule has 2 rings (SSSR count). The van der Waals surface area contributed by atoms with E-state index in [1.807, 2.05) is 7.05 Å². The molecule has 0 saturated carbocycles. The first-order chi connectivity index (χ1) is 10.3. The number of nitrogens with one attached hydrogen (secondary N) is 1. The van der Waals surface area contributed by atoms with Crippen molar-refractivity contribution < 1.29 is 22.0 Å². The third-order valence-corrected chi connectivity index (χ3v) is 5.13. The summed E-state index contributed by atoms with van der Waals surface area (Å²) in [6.07, 6.45) is 1.69. The fraction of sp³-hybridized carbons (Fsp3) is 0.500. The van der Waals surface area contributed by atoms with Gasteiger partial charge in [0.15, 0.2) is 0 Å². The van der Waals surface area contributed by atoms with Crippen LogP contribution in [0.15, 0.2) is 29.2 Å². The summed E-state index contributed by atoms with van der Waals surface area (Å²) in [5.41, 5.74) is 0.257. The van der Waals surface area contributed by atoms with Crippen LogP contribution in [0.1, 0.15) is 23.2 Å². The molecule has 1 saturated heterocycles. The lowest BCUT2D eigenvalue weighted by molar-refractivity contribution is 0.0917. The average Bonchev–Trinajstić information content (AvgIpc) is 2.49. The maximum atomic E-state index is 12.4. The summed E-state index contributed by atoms with van der Waals surface area (Å²) in [7, 11) is -2.61. The van der Waals surface area contributed by atoms with Crippen molar-refractivity contribution in [3.63, 3.8) is 0 Å². The number of alkyl halides is 2. The van der Waals surface area contributed by atoms with Crippen LogP contribution in [0.2, 0.25) is 0 Å². The first-order valence-corrected chi connectivity index (χ1v) is 8.47. The van der Waals surface area contributed by atoms with Gasteiger partial charge in [0, 0.05) is 11.6 Å². The van der Waals surface area contributed by atoms with Crippen LogP contribution in [-0.4, -0.2) is 51.2 Å². The van der Waals surface area contributed by atoms with Crippen LogP contribution in [0, 0.1) is 0 Å². The number of carbonyl (C=O) groups excluding carboxylic acids is 1. The monoisotopic (exact) mass is 332 g/mol. The van der Waals surface area contributed by atoms with Crippen molar-refractivity contribution in [2.45, 2.75) is 29.5 Å². The molecule has 0 radical (unpaired) electrons. The molecule has 122 valence electrons. The highest BCUT2D eigenvalue weighted by atomic mass is 32.2. The van der Waals surface area contributed by atoms with Crippen molar-refractivity contribution in [1.29, 1.82) is 0 Å². The van der Waals surface area contributed by atoms with Crippen molar-refractivity contribution in [3.05, 3.63) is 29.8 Å². The van der Waals surface area contributed by atoms with Gasteiger partial charge in [-0.3, -0.25) is 4.79 Å². The van der Waals surface area contributed by atoms with E-state index in [2.05, 4.69) is 10.2 Å². The number of rotatable bonds is 4. The summed E-state index contributed by atoms with van der Waals surface area (Å²) >= 11 is 0. The van der Waals surface area contributed by atoms with Crippen LogP contribution in [0.5, 0.6) is 0 Å². The van der Waals surface area contributed by atoms with Crippen molar-refractivity contribution in [2.75, 3.05) is 20.1 Å². The maximum Gasteiger partial charge on any atom is 0.341 e. The van der Waals surface area contributed by atoms with E-state index < -0.39 is 20.5 Å². The van der Waals surface area contributed by atoms with Crippen LogP contribution in [0.4, 0.5) is 8.78 Å². The molecular formula is C14H18F2N2O3S. The van der Waals surface area contributed by atoms with Gasteiger partial charge in [-0.2, -0.15) is 8.78 Å². The zero-order chi connectivity index (χ0) is 16.3. The number of hydrogen-bond donors (Lipinski definition) is 1. The number of amides is 1. The van der Waals surface area contributed by atoms with Gasteiger partial charge in [-0.1, -0.05) is 0 Å². The average molecular weight is 332 g/mol. The number of hydrogen-bond acceptors (Lipinski definition) is 4. The van der Waals surface area contributed by atoms with Crippen molar-refractivity contribution in [1.82, 2.24) is 10.2 Å². The molecule has 0 aliphatic carbocycles. The van der Waals surface area contributed by atoms with Crippen LogP contribution in [-0.2, 0) is 9.84 Å². The SMILES string of the molecule is CN1CCC(NC(=O)c2ccc(S(=O)(=O)C(F)F)cc2)CC1. The molecule has 0 bridgehead atoms. The molecular weight excluding hydrogens is 314 g/mol. The predicted molar refractivity (Wildman–Crippen MR) is 77.6 cm³/mol. The molecule has 0 unspecified atom stereocenters. The third kappa shape index (κ3) is 3.80. The molecule has 1 aromatic carbocycles. The zero-order valence-electron chi connectivity index (χ0n) is 12.1. The Balaban J connectivity index is 2.03. The lowest BCUT2D eigenvalue weighted by Crippen LogP contribution is -2.43. The number of likely N-dealkylation sites (tertiary alicyclic amines) is 1. The molecule has 1 N–H and O–H groups in total. The topological polar surface area (TPSA) is 66.5 Å². The summed E-state index contributed by atoms with van der Waals surface area (Å²) in [4.78, 5) is 13.8. The highest BCUT2D eigenvalue weighted by molar-refractivity contribution is 7.91. The molecule has 1 fully saturated rings. The van der Waals surface area contributed by atoms with E-state index in [1.165, 1.54) is 12.1 Å². The van der Waals surface area contributed by atoms with Crippen LogP contribution in [0.3, 0.4) is 0 Å². The Bertz CT molecular complexity index is 624. The van der Waals surface area contributed by atoms with E-state index >= 15 is 0 Å². The van der Waals surface area contributed by atoms with Gasteiger partial charge < -0.3 is 10.2 Å². The van der Waals surface area contributed by atoms with Gasteiger partial charge in [0.25, 0.3) is 5.91 Å². The fourth-order valence-electron chi connectivity index (χ4n) is 2.32. The molecule has 1 aliphatic heterocycles. The highest BCUT2D eigenvalue weighted by Gasteiger charge is 2.26. The Morgan fingerprint density at radius 2 is 1.77 bits per heavy atom. The second-order valence-corrected chi connectivity index (χ2v) is 7.30. The van der Waals surface area contributed by atoms with Crippen LogP contribution < -0.4 is 5.32 Å². The van der Waals surface area contributed by atoms with Crippen LogP contribution >= 0.6 is 0 Å². The lowest BCUT2D eigenvalue weighted by atomic mass is 10.0. The van der Waals surface area contributed by atoms with Gasteiger partial charge in [0.1, 0.15) is 0 Å². The van der Waals surface area contributed by atoms with Gasteiger partial charge in [-0.05, 0) is 57.2 Å². The number of piperidine rings is 1. The second kappa shape index (κ2) is 6.70. The summed E-state index contributed by atoms with van der Waals surface area (Å²) in [6.45, 7) is 1.80. The van der Waals surface area contributed by atoms with Gasteiger partial charge in [-0.15, -0.1) is 0 Å². The Hall–Kier alpha value is -1.54. The fourth-order valence-corrected chi connectivity index (χ4v) is 3.04. The molecule has 8 heteroatoms. The Morgan fingerprint density at radius 3 is 2.27 bits per heavy atom. The second-order valence-electron chi connectivity index (χ2n) is 5.38. The van der Waals surface area contributed by atoms with E-state index in [0.29, 0.717) is 0 Å². The smallest absolute Gasteiger partial charge is 0.341 e. The standard InChI is InChI=1S/C14H18F2N2O3S/c1-18-8-6-11(7-9-18)17-13(19)10-2-4-12(5-3-10)22(20,21)14(15)16/h2-5,11,14H,6-9H2,1H3,(H,17,19). The van der Waals surface area contributed by atoms with Gasteiger partial charge in [0.05, 0.1) is 4.90 Å². The summed E-state index contributed by atoms with van der Waals surface area (Å²) in [6, 6.07) is 4.64. The molecule has 1 heterocycles. The minimum atomic E-state index is -4.62. The molecule has 22 heavy (non-hydrogen) atoms. The summed E-state index contributed by atoms with van der Waals surface area (Å²) in [5.74, 6) is -3.79. The van der Waals surface area contributed by atoms with Gasteiger partial charge in [0.2, 0.25) is 9.84 Å². The van der Waals surface area contributed by atoms with E-state index in [-0.39, 0.29) is 17.5 Å². The van der Waals surface area contributed by atoms with Crippen LogP contribution in [0.25, 0.3) is 0 Å². The first kappa shape index (κ1) is 16.8. The molecule has 5 nitrogen and oxygen atoms in total. The Labute approximate surface area is 128 Å². The number of nitrogens with zero attached hydrogens (tertiary/aromatic N) is 1. The lowest BCUT2D eigenvalue weighted by Gasteiger charge is -2.29. The molecule has 0 spiro atoms. The van der Waals surface area contributed by atoms with E-state index in [0.717, 1.165) is 38.1 Å². The van der Waals surface area contributed by atoms with E-state index in [9.17, 15) is 22.0 Å². The molecule has 1 amide bonds. The largest absolute Gasteiger partial charge is 0.349 e. The van der Waals surface area contributed by atoms with Gasteiger partial charge >= 0.3 is 5.76 Å². The molecule has 0 aromatic heterocycles. The van der Waals surface area contributed by atoms with Crippen molar-refractivity contribution in [3.8, 4) is 0 Å². The minimum Gasteiger partial charge on any atom is -0.349 e. The Morgan fingerprint density at radius 1 is 1.23 bits per heavy atom. The number of benzene rings is 1. The number of sulfone groups is 1. The third-order valence-electron chi connectivity index (χ3n) is 3.73. The zero-order valence-corrected chi connectivity index (χ0v) is 12.9. The molecule has 1 aromatic rings. The molecule has 1 aliphatic rings. The van der Waals surface area contributed by atoms with E-state index in [4.69, 9.17) is 0 Å². The number of halogens is 2.